The first kappa shape index (κ1) is 13.1. The Morgan fingerprint density at radius 2 is 2.11 bits per heavy atom. The molecule has 1 atom stereocenters. The fourth-order valence-corrected chi connectivity index (χ4v) is 1.54. The molecule has 2 rings (SSSR count). The van der Waals surface area contributed by atoms with Gasteiger partial charge in [0.2, 0.25) is 5.91 Å². The number of benzene rings is 1. The Labute approximate surface area is 111 Å². The van der Waals surface area contributed by atoms with Crippen molar-refractivity contribution < 1.29 is 9.53 Å². The first-order chi connectivity index (χ1) is 9.10. The van der Waals surface area contributed by atoms with Crippen molar-refractivity contribution in [3.8, 4) is 17.0 Å². The average Bonchev–Trinajstić information content (AvgIpc) is 2.87. The van der Waals surface area contributed by atoms with Crippen LogP contribution in [0.25, 0.3) is 11.3 Å². The minimum absolute atomic E-state index is 0.271. The van der Waals surface area contributed by atoms with Gasteiger partial charge in [0, 0.05) is 6.07 Å². The van der Waals surface area contributed by atoms with E-state index in [1.54, 1.807) is 20.1 Å². The zero-order valence-electron chi connectivity index (χ0n) is 10.8. The molecule has 19 heavy (non-hydrogen) atoms. The largest absolute Gasteiger partial charge is 0.497 e. The first-order valence-electron chi connectivity index (χ1n) is 5.86. The summed E-state index contributed by atoms with van der Waals surface area (Å²) in [5.41, 5.74) is 7.23. The van der Waals surface area contributed by atoms with Crippen LogP contribution in [0.15, 0.2) is 30.3 Å². The molecule has 6 heteroatoms. The molecular weight excluding hydrogens is 244 g/mol. The molecule has 1 aromatic heterocycles. The van der Waals surface area contributed by atoms with Crippen LogP contribution in [-0.4, -0.2) is 29.3 Å². The second kappa shape index (κ2) is 5.53. The van der Waals surface area contributed by atoms with Crippen LogP contribution in [0.1, 0.15) is 6.92 Å². The maximum absolute atomic E-state index is 11.4. The minimum Gasteiger partial charge on any atom is -0.497 e. The van der Waals surface area contributed by atoms with E-state index in [-0.39, 0.29) is 5.91 Å². The number of hydrogen-bond acceptors (Lipinski definition) is 4. The van der Waals surface area contributed by atoms with Crippen LogP contribution in [0.3, 0.4) is 0 Å². The van der Waals surface area contributed by atoms with Crippen LogP contribution in [0.5, 0.6) is 5.75 Å². The summed E-state index contributed by atoms with van der Waals surface area (Å²) in [6, 6.07) is 8.71. The number of nitrogens with zero attached hydrogens (tertiary/aromatic N) is 1. The van der Waals surface area contributed by atoms with Crippen molar-refractivity contribution in [2.45, 2.75) is 13.0 Å². The number of nitrogens with two attached hydrogens (primary N) is 1. The summed E-state index contributed by atoms with van der Waals surface area (Å²) in [4.78, 5) is 11.4. The minimum atomic E-state index is -0.568. The van der Waals surface area contributed by atoms with E-state index >= 15 is 0 Å². The summed E-state index contributed by atoms with van der Waals surface area (Å²) >= 11 is 0. The fourth-order valence-electron chi connectivity index (χ4n) is 1.54. The lowest BCUT2D eigenvalue weighted by Crippen LogP contribution is -2.32. The molecule has 0 aliphatic heterocycles. The van der Waals surface area contributed by atoms with Crippen molar-refractivity contribution in [1.82, 2.24) is 10.2 Å². The Morgan fingerprint density at radius 3 is 2.68 bits per heavy atom. The Kier molecular flexibility index (Phi) is 3.82. The molecule has 0 aliphatic rings. The molecule has 0 aliphatic carbocycles. The third-order valence-electron chi connectivity index (χ3n) is 2.64. The van der Waals surface area contributed by atoms with Crippen molar-refractivity contribution in [3.05, 3.63) is 30.3 Å². The number of hydrogen-bond donors (Lipinski definition) is 3. The van der Waals surface area contributed by atoms with Crippen molar-refractivity contribution >= 4 is 11.7 Å². The number of carbonyl (C=O) groups is 1. The Hall–Kier alpha value is -2.34. The number of amides is 1. The van der Waals surface area contributed by atoms with Gasteiger partial charge in [-0.2, -0.15) is 5.10 Å². The van der Waals surface area contributed by atoms with Gasteiger partial charge in [-0.25, -0.2) is 0 Å². The van der Waals surface area contributed by atoms with Gasteiger partial charge in [0.25, 0.3) is 0 Å². The summed E-state index contributed by atoms with van der Waals surface area (Å²) in [6.45, 7) is 1.62. The monoisotopic (exact) mass is 260 g/mol. The highest BCUT2D eigenvalue weighted by Gasteiger charge is 2.10. The van der Waals surface area contributed by atoms with Crippen LogP contribution in [0.2, 0.25) is 0 Å². The van der Waals surface area contributed by atoms with Crippen LogP contribution in [0, 0.1) is 0 Å². The van der Waals surface area contributed by atoms with Crippen LogP contribution in [-0.2, 0) is 4.79 Å². The van der Waals surface area contributed by atoms with Gasteiger partial charge in [-0.05, 0) is 36.8 Å². The molecule has 0 saturated carbocycles. The molecule has 1 amide bonds. The Morgan fingerprint density at radius 1 is 1.42 bits per heavy atom. The highest BCUT2D eigenvalue weighted by Crippen LogP contribution is 2.22. The number of carbonyl (C=O) groups excluding carboxylic acids is 1. The SMILES string of the molecule is COc1ccc(-c2cc(NC(=O)C(C)N)n[nH]2)cc1. The molecule has 0 spiro atoms. The summed E-state index contributed by atoms with van der Waals surface area (Å²) in [7, 11) is 1.62. The smallest absolute Gasteiger partial charge is 0.242 e. The van der Waals surface area contributed by atoms with Gasteiger partial charge in [-0.1, -0.05) is 0 Å². The lowest BCUT2D eigenvalue weighted by molar-refractivity contribution is -0.117. The second-order valence-electron chi connectivity index (χ2n) is 4.17. The summed E-state index contributed by atoms with van der Waals surface area (Å²) in [5.74, 6) is 0.967. The summed E-state index contributed by atoms with van der Waals surface area (Å²) in [6.07, 6.45) is 0. The molecule has 1 unspecified atom stereocenters. The van der Waals surface area contributed by atoms with Gasteiger partial charge in [0.1, 0.15) is 5.75 Å². The summed E-state index contributed by atoms with van der Waals surface area (Å²) < 4.78 is 5.09. The van der Waals surface area contributed by atoms with E-state index in [1.165, 1.54) is 0 Å². The number of methoxy groups -OCH3 is 1. The fraction of sp³-hybridized carbons (Fsp3) is 0.231. The maximum atomic E-state index is 11.4. The molecular formula is C13H16N4O2. The molecule has 6 nitrogen and oxygen atoms in total. The van der Waals surface area contributed by atoms with Crippen LogP contribution >= 0.6 is 0 Å². The quantitative estimate of drug-likeness (QED) is 0.774. The Bertz CT molecular complexity index is 560. The molecule has 0 bridgehead atoms. The van der Waals surface area contributed by atoms with Crippen LogP contribution in [0.4, 0.5) is 5.82 Å². The third kappa shape index (κ3) is 3.11. The highest BCUT2D eigenvalue weighted by atomic mass is 16.5. The molecule has 100 valence electrons. The molecule has 2 aromatic rings. The second-order valence-corrected chi connectivity index (χ2v) is 4.17. The Balaban J connectivity index is 2.13. The standard InChI is InChI=1S/C13H16N4O2/c1-8(14)13(18)15-12-7-11(16-17-12)9-3-5-10(19-2)6-4-9/h3-8H,14H2,1-2H3,(H2,15,16,17,18). The molecule has 0 radical (unpaired) electrons. The lowest BCUT2D eigenvalue weighted by atomic mass is 10.1. The zero-order valence-corrected chi connectivity index (χ0v) is 10.8. The zero-order chi connectivity index (χ0) is 13.8. The van der Waals surface area contributed by atoms with Crippen molar-refractivity contribution in [2.24, 2.45) is 5.73 Å². The van der Waals surface area contributed by atoms with Crippen molar-refractivity contribution in [3.63, 3.8) is 0 Å². The highest BCUT2D eigenvalue weighted by molar-refractivity contribution is 5.93. The van der Waals surface area contributed by atoms with Crippen LogP contribution < -0.4 is 15.8 Å². The number of aromatic amines is 1. The predicted molar refractivity (Wildman–Crippen MR) is 72.9 cm³/mol. The molecule has 1 heterocycles. The molecule has 4 N–H and O–H groups in total. The van der Waals surface area contributed by atoms with Crippen molar-refractivity contribution in [2.75, 3.05) is 12.4 Å². The number of nitrogens with one attached hydrogen (secondary N) is 2. The van der Waals surface area contributed by atoms with Gasteiger partial charge < -0.3 is 15.8 Å². The average molecular weight is 260 g/mol. The molecule has 1 aromatic carbocycles. The van der Waals surface area contributed by atoms with Crippen molar-refractivity contribution in [1.29, 1.82) is 0 Å². The van der Waals surface area contributed by atoms with E-state index in [0.29, 0.717) is 5.82 Å². The van der Waals surface area contributed by atoms with Gasteiger partial charge in [-0.3, -0.25) is 9.89 Å². The van der Waals surface area contributed by atoms with Gasteiger partial charge in [0.05, 0.1) is 18.8 Å². The normalized spacial score (nSPS) is 11.9. The van der Waals surface area contributed by atoms with Gasteiger partial charge in [-0.15, -0.1) is 0 Å². The lowest BCUT2D eigenvalue weighted by Gasteiger charge is -2.03. The molecule has 0 saturated heterocycles. The maximum Gasteiger partial charge on any atom is 0.242 e. The summed E-state index contributed by atoms with van der Waals surface area (Å²) in [5, 5.41) is 9.49. The van der Waals surface area contributed by atoms with E-state index in [0.717, 1.165) is 17.0 Å². The molecule has 0 fully saturated rings. The number of anilines is 1. The van der Waals surface area contributed by atoms with E-state index in [1.807, 2.05) is 24.3 Å². The number of aromatic nitrogens is 2. The third-order valence-corrected chi connectivity index (χ3v) is 2.64. The number of rotatable bonds is 4. The van der Waals surface area contributed by atoms with E-state index in [4.69, 9.17) is 10.5 Å². The van der Waals surface area contributed by atoms with Gasteiger partial charge in [0.15, 0.2) is 5.82 Å². The first-order valence-corrected chi connectivity index (χ1v) is 5.86. The van der Waals surface area contributed by atoms with Gasteiger partial charge >= 0.3 is 0 Å². The topological polar surface area (TPSA) is 93.0 Å². The number of H-pyrrole nitrogens is 1. The van der Waals surface area contributed by atoms with E-state index < -0.39 is 6.04 Å². The van der Waals surface area contributed by atoms with E-state index in [9.17, 15) is 4.79 Å². The van der Waals surface area contributed by atoms with E-state index in [2.05, 4.69) is 15.5 Å². The predicted octanol–water partition coefficient (Wildman–Crippen LogP) is 1.37. The number of ether oxygens (including phenoxy) is 1.